The third-order valence-corrected chi connectivity index (χ3v) is 1.96. The summed E-state index contributed by atoms with van der Waals surface area (Å²) >= 11 is 0. The minimum absolute atomic E-state index is 0.165. The van der Waals surface area contributed by atoms with E-state index >= 15 is 0 Å². The van der Waals surface area contributed by atoms with E-state index in [4.69, 9.17) is 4.74 Å². The second-order valence-corrected chi connectivity index (χ2v) is 2.72. The van der Waals surface area contributed by atoms with Gasteiger partial charge in [0.1, 0.15) is 0 Å². The lowest BCUT2D eigenvalue weighted by molar-refractivity contribution is 0.388. The highest BCUT2D eigenvalue weighted by atomic mass is 19.1. The highest BCUT2D eigenvalue weighted by Gasteiger charge is 2.06. The lowest BCUT2D eigenvalue weighted by Crippen LogP contribution is -1.88. The Hall–Kier alpha value is -1.57. The first-order valence-electron chi connectivity index (χ1n) is 3.96. The number of methoxy groups -OCH3 is 1. The molecule has 1 radical (unpaired) electrons. The standard InChI is InChI=1S/C11H8FO/c1-13-10-7-6-8-4-2-3-5-9(8)11(10)12/h2-6H,1H3. The van der Waals surface area contributed by atoms with E-state index in [0.717, 1.165) is 5.39 Å². The predicted molar refractivity (Wildman–Crippen MR) is 49.3 cm³/mol. The van der Waals surface area contributed by atoms with E-state index in [1.807, 2.05) is 12.1 Å². The summed E-state index contributed by atoms with van der Waals surface area (Å²) in [7, 11) is 1.43. The summed E-state index contributed by atoms with van der Waals surface area (Å²) in [6.07, 6.45) is 0. The Labute approximate surface area is 75.8 Å². The van der Waals surface area contributed by atoms with Crippen LogP contribution in [0, 0.1) is 11.9 Å². The van der Waals surface area contributed by atoms with Crippen LogP contribution in [0.3, 0.4) is 0 Å². The van der Waals surface area contributed by atoms with Gasteiger partial charge in [0.2, 0.25) is 0 Å². The van der Waals surface area contributed by atoms with Crippen molar-refractivity contribution in [3.63, 3.8) is 0 Å². The third-order valence-electron chi connectivity index (χ3n) is 1.96. The zero-order valence-corrected chi connectivity index (χ0v) is 7.17. The van der Waals surface area contributed by atoms with Gasteiger partial charge in [0.25, 0.3) is 0 Å². The summed E-state index contributed by atoms with van der Waals surface area (Å²) in [5, 5.41) is 1.40. The first kappa shape index (κ1) is 8.05. The molecule has 0 aliphatic heterocycles. The van der Waals surface area contributed by atoms with Gasteiger partial charge < -0.3 is 4.74 Å². The molecular formula is C11H8FO. The van der Waals surface area contributed by atoms with Crippen LogP contribution in [0.4, 0.5) is 4.39 Å². The van der Waals surface area contributed by atoms with Crippen molar-refractivity contribution in [1.29, 1.82) is 0 Å². The third kappa shape index (κ3) is 1.24. The van der Waals surface area contributed by atoms with Gasteiger partial charge in [0.15, 0.2) is 11.6 Å². The molecule has 0 atom stereocenters. The zero-order valence-electron chi connectivity index (χ0n) is 7.17. The van der Waals surface area contributed by atoms with Crippen molar-refractivity contribution in [1.82, 2.24) is 0 Å². The molecule has 2 aromatic rings. The van der Waals surface area contributed by atoms with E-state index in [1.54, 1.807) is 18.2 Å². The van der Waals surface area contributed by atoms with Crippen molar-refractivity contribution in [2.75, 3.05) is 7.11 Å². The Kier molecular flexibility index (Phi) is 1.89. The van der Waals surface area contributed by atoms with E-state index in [2.05, 4.69) is 6.07 Å². The summed E-state index contributed by atoms with van der Waals surface area (Å²) in [6, 6.07) is 11.7. The van der Waals surface area contributed by atoms with Crippen molar-refractivity contribution in [3.05, 3.63) is 42.2 Å². The molecule has 1 nitrogen and oxygen atoms in total. The molecule has 13 heavy (non-hydrogen) atoms. The molecule has 65 valence electrons. The molecule has 0 aliphatic rings. The molecule has 0 saturated carbocycles. The van der Waals surface area contributed by atoms with Crippen LogP contribution in [0.2, 0.25) is 0 Å². The lowest BCUT2D eigenvalue weighted by Gasteiger charge is -2.03. The summed E-state index contributed by atoms with van der Waals surface area (Å²) in [5.41, 5.74) is 0. The topological polar surface area (TPSA) is 9.23 Å². The minimum Gasteiger partial charge on any atom is -0.493 e. The fourth-order valence-corrected chi connectivity index (χ4v) is 1.30. The van der Waals surface area contributed by atoms with Gasteiger partial charge in [0, 0.05) is 11.5 Å². The Morgan fingerprint density at radius 3 is 2.85 bits per heavy atom. The average Bonchev–Trinajstić information content (AvgIpc) is 2.19. The predicted octanol–water partition coefficient (Wildman–Crippen LogP) is 2.79. The van der Waals surface area contributed by atoms with Gasteiger partial charge in [-0.15, -0.1) is 0 Å². The van der Waals surface area contributed by atoms with Crippen LogP contribution >= 0.6 is 0 Å². The number of ether oxygens (including phenoxy) is 1. The Morgan fingerprint density at radius 1 is 1.31 bits per heavy atom. The van der Waals surface area contributed by atoms with E-state index in [0.29, 0.717) is 5.39 Å². The average molecular weight is 175 g/mol. The summed E-state index contributed by atoms with van der Waals surface area (Å²) in [6.45, 7) is 0. The van der Waals surface area contributed by atoms with E-state index in [9.17, 15) is 4.39 Å². The lowest BCUT2D eigenvalue weighted by atomic mass is 10.1. The molecule has 0 heterocycles. The SMILES string of the molecule is COc1[c]cc2ccccc2c1F. The minimum atomic E-state index is -0.347. The maximum atomic E-state index is 13.5. The van der Waals surface area contributed by atoms with Crippen molar-refractivity contribution < 1.29 is 9.13 Å². The van der Waals surface area contributed by atoms with E-state index in [1.165, 1.54) is 7.11 Å². The van der Waals surface area contributed by atoms with Crippen LogP contribution < -0.4 is 4.74 Å². The van der Waals surface area contributed by atoms with Crippen LogP contribution in [0.1, 0.15) is 0 Å². The maximum absolute atomic E-state index is 13.5. The zero-order chi connectivity index (χ0) is 9.26. The molecule has 0 amide bonds. The molecule has 0 unspecified atom stereocenters. The van der Waals surface area contributed by atoms with Gasteiger partial charge in [-0.05, 0) is 11.5 Å². The van der Waals surface area contributed by atoms with Crippen molar-refractivity contribution in [2.24, 2.45) is 0 Å². The quantitative estimate of drug-likeness (QED) is 0.647. The number of hydrogen-bond donors (Lipinski definition) is 0. The molecule has 2 aromatic carbocycles. The number of hydrogen-bond acceptors (Lipinski definition) is 1. The van der Waals surface area contributed by atoms with E-state index < -0.39 is 0 Å². The number of fused-ring (bicyclic) bond motifs is 1. The first-order chi connectivity index (χ1) is 6.33. The number of halogens is 1. The highest BCUT2D eigenvalue weighted by Crippen LogP contribution is 2.24. The Bertz CT molecular complexity index is 437. The van der Waals surface area contributed by atoms with Gasteiger partial charge >= 0.3 is 0 Å². The summed E-state index contributed by atoms with van der Waals surface area (Å²) in [4.78, 5) is 0. The largest absolute Gasteiger partial charge is 0.493 e. The van der Waals surface area contributed by atoms with Gasteiger partial charge in [-0.2, -0.15) is 0 Å². The van der Waals surface area contributed by atoms with Crippen LogP contribution in [-0.2, 0) is 0 Å². The fraction of sp³-hybridized carbons (Fsp3) is 0.0909. The smallest absolute Gasteiger partial charge is 0.173 e. The molecule has 0 saturated heterocycles. The van der Waals surface area contributed by atoms with Crippen LogP contribution in [-0.4, -0.2) is 7.11 Å². The maximum Gasteiger partial charge on any atom is 0.173 e. The second-order valence-electron chi connectivity index (χ2n) is 2.72. The molecule has 2 heteroatoms. The van der Waals surface area contributed by atoms with Gasteiger partial charge in [-0.25, -0.2) is 4.39 Å². The number of rotatable bonds is 1. The molecule has 0 aromatic heterocycles. The van der Waals surface area contributed by atoms with Crippen LogP contribution in [0.5, 0.6) is 5.75 Å². The molecule has 0 bridgehead atoms. The fourth-order valence-electron chi connectivity index (χ4n) is 1.30. The summed E-state index contributed by atoms with van der Waals surface area (Å²) < 4.78 is 18.3. The molecule has 0 fully saturated rings. The van der Waals surface area contributed by atoms with Crippen LogP contribution in [0.25, 0.3) is 10.8 Å². The highest BCUT2D eigenvalue weighted by molar-refractivity contribution is 5.84. The van der Waals surface area contributed by atoms with Crippen molar-refractivity contribution in [2.45, 2.75) is 0 Å². The van der Waals surface area contributed by atoms with Crippen molar-refractivity contribution >= 4 is 10.8 Å². The van der Waals surface area contributed by atoms with E-state index in [-0.39, 0.29) is 11.6 Å². The number of benzene rings is 2. The van der Waals surface area contributed by atoms with Gasteiger partial charge in [-0.3, -0.25) is 0 Å². The summed E-state index contributed by atoms with van der Waals surface area (Å²) in [5.74, 6) is -0.181. The Balaban J connectivity index is 2.79. The Morgan fingerprint density at radius 2 is 2.08 bits per heavy atom. The van der Waals surface area contributed by atoms with Crippen LogP contribution in [0.15, 0.2) is 30.3 Å². The molecule has 0 N–H and O–H groups in total. The van der Waals surface area contributed by atoms with Gasteiger partial charge in [0.05, 0.1) is 7.11 Å². The molecule has 0 spiro atoms. The molecule has 0 aliphatic carbocycles. The second kappa shape index (κ2) is 3.05. The first-order valence-corrected chi connectivity index (χ1v) is 3.96. The molecule has 2 rings (SSSR count). The monoisotopic (exact) mass is 175 g/mol. The van der Waals surface area contributed by atoms with Crippen molar-refractivity contribution in [3.8, 4) is 5.75 Å². The van der Waals surface area contributed by atoms with Gasteiger partial charge in [-0.1, -0.05) is 24.3 Å². The molecular weight excluding hydrogens is 167 g/mol. The normalized spacial score (nSPS) is 10.3.